The molecule has 0 radical (unpaired) electrons. The van der Waals surface area contributed by atoms with E-state index in [1.54, 1.807) is 13.0 Å². The Morgan fingerprint density at radius 3 is 2.93 bits per heavy atom. The van der Waals surface area contributed by atoms with Crippen molar-refractivity contribution in [2.45, 2.75) is 13.3 Å². The highest BCUT2D eigenvalue weighted by Crippen LogP contribution is 2.11. The molecular formula is C9H9FINO2. The highest BCUT2D eigenvalue weighted by molar-refractivity contribution is 14.1. The van der Waals surface area contributed by atoms with Gasteiger partial charge in [0.05, 0.1) is 13.0 Å². The third-order valence-electron chi connectivity index (χ3n) is 1.53. The number of carbonyl (C=O) groups excluding carboxylic acids is 1. The lowest BCUT2D eigenvalue weighted by Gasteiger charge is -2.03. The molecule has 3 nitrogen and oxygen atoms in total. The SMILES string of the molecule is CCOC(=O)Cc1ccc(F)nc1I. The summed E-state index contributed by atoms with van der Waals surface area (Å²) in [6, 6.07) is 2.78. The summed E-state index contributed by atoms with van der Waals surface area (Å²) < 4.78 is 17.9. The van der Waals surface area contributed by atoms with Crippen molar-refractivity contribution >= 4 is 28.6 Å². The maximum absolute atomic E-state index is 12.6. The topological polar surface area (TPSA) is 39.2 Å². The van der Waals surface area contributed by atoms with E-state index in [0.717, 1.165) is 0 Å². The van der Waals surface area contributed by atoms with Gasteiger partial charge in [0.25, 0.3) is 0 Å². The Kier molecular flexibility index (Phi) is 4.24. The van der Waals surface area contributed by atoms with Crippen LogP contribution in [-0.4, -0.2) is 17.6 Å². The van der Waals surface area contributed by atoms with E-state index in [1.165, 1.54) is 6.07 Å². The molecule has 1 aromatic rings. The van der Waals surface area contributed by atoms with Crippen molar-refractivity contribution in [2.24, 2.45) is 0 Å². The van der Waals surface area contributed by atoms with Gasteiger partial charge in [-0.15, -0.1) is 0 Å². The summed E-state index contributed by atoms with van der Waals surface area (Å²) in [7, 11) is 0. The van der Waals surface area contributed by atoms with Crippen LogP contribution in [0.25, 0.3) is 0 Å². The monoisotopic (exact) mass is 309 g/mol. The van der Waals surface area contributed by atoms with Crippen molar-refractivity contribution in [3.8, 4) is 0 Å². The van der Waals surface area contributed by atoms with Crippen LogP contribution in [0.15, 0.2) is 12.1 Å². The molecule has 0 saturated carbocycles. The number of hydrogen-bond donors (Lipinski definition) is 0. The van der Waals surface area contributed by atoms with Gasteiger partial charge in [-0.05, 0) is 41.1 Å². The van der Waals surface area contributed by atoms with E-state index in [0.29, 0.717) is 15.9 Å². The molecule has 0 bridgehead atoms. The minimum Gasteiger partial charge on any atom is -0.466 e. The fraction of sp³-hybridized carbons (Fsp3) is 0.333. The predicted molar refractivity (Wildman–Crippen MR) is 57.2 cm³/mol. The zero-order valence-electron chi connectivity index (χ0n) is 7.59. The normalized spacial score (nSPS) is 9.93. The molecule has 0 spiro atoms. The van der Waals surface area contributed by atoms with E-state index < -0.39 is 5.95 Å². The first-order valence-electron chi connectivity index (χ1n) is 4.10. The van der Waals surface area contributed by atoms with Crippen molar-refractivity contribution < 1.29 is 13.9 Å². The lowest BCUT2D eigenvalue weighted by Crippen LogP contribution is -2.09. The highest BCUT2D eigenvalue weighted by atomic mass is 127. The van der Waals surface area contributed by atoms with Crippen molar-refractivity contribution in [1.29, 1.82) is 0 Å². The van der Waals surface area contributed by atoms with Crippen LogP contribution in [0.4, 0.5) is 4.39 Å². The van der Waals surface area contributed by atoms with E-state index in [1.807, 2.05) is 22.6 Å². The first kappa shape index (κ1) is 11.4. The number of halogens is 2. The molecule has 76 valence electrons. The molecule has 0 aliphatic rings. The lowest BCUT2D eigenvalue weighted by atomic mass is 10.2. The molecule has 5 heteroatoms. The third-order valence-corrected chi connectivity index (χ3v) is 2.47. The van der Waals surface area contributed by atoms with Crippen LogP contribution in [0, 0.1) is 9.65 Å². The van der Waals surface area contributed by atoms with Gasteiger partial charge < -0.3 is 4.74 Å². The molecule has 1 rings (SSSR count). The van der Waals surface area contributed by atoms with E-state index in [2.05, 4.69) is 4.98 Å². The van der Waals surface area contributed by atoms with E-state index >= 15 is 0 Å². The molecule has 0 amide bonds. The van der Waals surface area contributed by atoms with E-state index in [-0.39, 0.29) is 12.4 Å². The second-order valence-corrected chi connectivity index (χ2v) is 3.59. The fourth-order valence-corrected chi connectivity index (χ4v) is 1.54. The maximum atomic E-state index is 12.6. The quantitative estimate of drug-likeness (QED) is 0.486. The Bertz CT molecular complexity index is 344. The predicted octanol–water partition coefficient (Wildman–Crippen LogP) is 1.93. The number of pyridine rings is 1. The van der Waals surface area contributed by atoms with Crippen LogP contribution in [0.1, 0.15) is 12.5 Å². The molecule has 0 unspecified atom stereocenters. The summed E-state index contributed by atoms with van der Waals surface area (Å²) >= 11 is 1.89. The Morgan fingerprint density at radius 1 is 1.64 bits per heavy atom. The lowest BCUT2D eigenvalue weighted by molar-refractivity contribution is -0.142. The second kappa shape index (κ2) is 5.23. The number of ether oxygens (including phenoxy) is 1. The summed E-state index contributed by atoms with van der Waals surface area (Å²) in [6.07, 6.45) is 0.138. The Morgan fingerprint density at radius 2 is 2.36 bits per heavy atom. The van der Waals surface area contributed by atoms with E-state index in [4.69, 9.17) is 4.74 Å². The molecule has 0 aliphatic carbocycles. The minimum atomic E-state index is -0.540. The number of nitrogens with zero attached hydrogens (tertiary/aromatic N) is 1. The molecular weight excluding hydrogens is 300 g/mol. The summed E-state index contributed by atoms with van der Waals surface area (Å²) in [4.78, 5) is 14.7. The van der Waals surface area contributed by atoms with Crippen LogP contribution >= 0.6 is 22.6 Å². The Hall–Kier alpha value is -0.720. The molecule has 1 heterocycles. The van der Waals surface area contributed by atoms with Gasteiger partial charge in [-0.2, -0.15) is 4.39 Å². The molecule has 0 saturated heterocycles. The maximum Gasteiger partial charge on any atom is 0.310 e. The first-order valence-corrected chi connectivity index (χ1v) is 5.18. The largest absolute Gasteiger partial charge is 0.466 e. The molecule has 0 N–H and O–H groups in total. The average molecular weight is 309 g/mol. The second-order valence-electron chi connectivity index (χ2n) is 2.57. The van der Waals surface area contributed by atoms with Gasteiger partial charge in [0.2, 0.25) is 5.95 Å². The van der Waals surface area contributed by atoms with Crippen molar-refractivity contribution in [1.82, 2.24) is 4.98 Å². The van der Waals surface area contributed by atoms with Crippen molar-refractivity contribution in [3.05, 3.63) is 27.3 Å². The van der Waals surface area contributed by atoms with Gasteiger partial charge in [-0.3, -0.25) is 4.79 Å². The molecule has 14 heavy (non-hydrogen) atoms. The van der Waals surface area contributed by atoms with Gasteiger partial charge in [0.15, 0.2) is 0 Å². The summed E-state index contributed by atoms with van der Waals surface area (Å²) in [5, 5.41) is 0. The van der Waals surface area contributed by atoms with Crippen molar-refractivity contribution in [2.75, 3.05) is 6.61 Å². The number of rotatable bonds is 3. The average Bonchev–Trinajstić information content (AvgIpc) is 2.10. The van der Waals surface area contributed by atoms with Crippen LogP contribution in [0.5, 0.6) is 0 Å². The molecule has 0 atom stereocenters. The van der Waals surface area contributed by atoms with Gasteiger partial charge in [-0.1, -0.05) is 6.07 Å². The molecule has 1 aromatic heterocycles. The Labute approximate surface area is 94.8 Å². The summed E-state index contributed by atoms with van der Waals surface area (Å²) in [5.74, 6) is -0.860. The number of hydrogen-bond acceptors (Lipinski definition) is 3. The van der Waals surface area contributed by atoms with Crippen LogP contribution in [-0.2, 0) is 16.0 Å². The first-order chi connectivity index (χ1) is 6.63. The summed E-state index contributed by atoms with van der Waals surface area (Å²) in [5.41, 5.74) is 0.686. The zero-order chi connectivity index (χ0) is 10.6. The van der Waals surface area contributed by atoms with Gasteiger partial charge in [-0.25, -0.2) is 4.98 Å². The molecule has 0 aliphatic heterocycles. The molecule has 0 fully saturated rings. The van der Waals surface area contributed by atoms with Crippen LogP contribution < -0.4 is 0 Å². The van der Waals surface area contributed by atoms with Gasteiger partial charge in [0.1, 0.15) is 3.70 Å². The minimum absolute atomic E-state index is 0.138. The van der Waals surface area contributed by atoms with Crippen LogP contribution in [0.2, 0.25) is 0 Å². The van der Waals surface area contributed by atoms with Gasteiger partial charge >= 0.3 is 5.97 Å². The Balaban J connectivity index is 2.72. The van der Waals surface area contributed by atoms with Crippen molar-refractivity contribution in [3.63, 3.8) is 0 Å². The zero-order valence-corrected chi connectivity index (χ0v) is 9.75. The molecule has 0 aromatic carbocycles. The number of carbonyl (C=O) groups is 1. The highest BCUT2D eigenvalue weighted by Gasteiger charge is 2.08. The number of esters is 1. The summed E-state index contributed by atoms with van der Waals surface area (Å²) in [6.45, 7) is 2.09. The van der Waals surface area contributed by atoms with E-state index in [9.17, 15) is 9.18 Å². The third kappa shape index (κ3) is 3.21. The standard InChI is InChI=1S/C9H9FINO2/c1-2-14-8(13)5-6-3-4-7(10)12-9(6)11/h3-4H,2,5H2,1H3. The van der Waals surface area contributed by atoms with Crippen LogP contribution in [0.3, 0.4) is 0 Å². The van der Waals surface area contributed by atoms with Gasteiger partial charge in [0, 0.05) is 0 Å². The fourth-order valence-electron chi connectivity index (χ4n) is 0.940. The number of aromatic nitrogens is 1. The smallest absolute Gasteiger partial charge is 0.310 e.